The molecule has 0 atom stereocenters. The summed E-state index contributed by atoms with van der Waals surface area (Å²) in [4.78, 5) is 12.1. The maximum atomic E-state index is 12.1. The topological polar surface area (TPSA) is 59.6 Å². The molecule has 2 amide bonds. The molecule has 0 spiro atoms. The molecule has 0 saturated heterocycles. The van der Waals surface area contributed by atoms with Crippen LogP contribution < -0.4 is 10.0 Å². The van der Waals surface area contributed by atoms with E-state index in [-0.39, 0.29) is 0 Å². The van der Waals surface area contributed by atoms with Gasteiger partial charge in [0.25, 0.3) is 5.69 Å². The van der Waals surface area contributed by atoms with Crippen molar-refractivity contribution in [2.24, 2.45) is 0 Å². The molecule has 0 aliphatic carbocycles. The van der Waals surface area contributed by atoms with E-state index in [0.717, 1.165) is 37.3 Å². The Hall–Kier alpha value is -0.0100. The van der Waals surface area contributed by atoms with Crippen LogP contribution >= 0.6 is 40.5 Å². The maximum absolute atomic E-state index is 12.1. The lowest BCUT2D eigenvalue weighted by Crippen LogP contribution is -2.23. The van der Waals surface area contributed by atoms with Gasteiger partial charge in [-0.25, -0.2) is 4.79 Å². The minimum absolute atomic E-state index is 0.364. The van der Waals surface area contributed by atoms with E-state index in [1.165, 1.54) is 0 Å². The Morgan fingerprint density at radius 1 is 1.16 bits per heavy atom. The predicted octanol–water partition coefficient (Wildman–Crippen LogP) is 6.62. The first-order valence-electron chi connectivity index (χ1n) is 8.00. The van der Waals surface area contributed by atoms with Crippen molar-refractivity contribution in [2.45, 2.75) is 39.5 Å². The smallest absolute Gasteiger partial charge is 0.321 e. The van der Waals surface area contributed by atoms with Crippen molar-refractivity contribution in [1.29, 1.82) is 0 Å². The summed E-state index contributed by atoms with van der Waals surface area (Å²) in [5, 5.41) is 3.45. The summed E-state index contributed by atoms with van der Waals surface area (Å²) in [6.07, 6.45) is 3.79. The number of benzene rings is 1. The number of halogens is 2. The van der Waals surface area contributed by atoms with E-state index in [0.29, 0.717) is 28.9 Å². The minimum atomic E-state index is -2.62. The van der Waals surface area contributed by atoms with Gasteiger partial charge in [0.2, 0.25) is 0 Å². The number of hydrogen-bond acceptors (Lipinski definition) is 5. The minimum Gasteiger partial charge on any atom is -0.321 e. The average molecular weight is 445 g/mol. The Morgan fingerprint density at radius 2 is 1.76 bits per heavy atom. The van der Waals surface area contributed by atoms with Crippen molar-refractivity contribution in [3.63, 3.8) is 0 Å². The Balaban J connectivity index is 2.56. The van der Waals surface area contributed by atoms with E-state index < -0.39 is 11.7 Å². The SMILES string of the molecule is CCCCOP(=S)(OCCCC)SNC(=O)Nc1ccc(Cl)c(Cl)c1. The van der Waals surface area contributed by atoms with Crippen molar-refractivity contribution in [3.8, 4) is 0 Å². The molecule has 0 bridgehead atoms. The molecule has 0 heterocycles. The summed E-state index contributed by atoms with van der Waals surface area (Å²) >= 11 is 18.3. The van der Waals surface area contributed by atoms with E-state index in [1.807, 2.05) is 0 Å². The van der Waals surface area contributed by atoms with Crippen molar-refractivity contribution in [1.82, 2.24) is 4.72 Å². The number of rotatable bonds is 11. The van der Waals surface area contributed by atoms with Gasteiger partial charge >= 0.3 is 6.03 Å². The number of carbonyl (C=O) groups excluding carboxylic acids is 1. The second kappa shape index (κ2) is 12.4. The fraction of sp³-hybridized carbons (Fsp3) is 0.533. The zero-order valence-electron chi connectivity index (χ0n) is 14.2. The molecule has 25 heavy (non-hydrogen) atoms. The van der Waals surface area contributed by atoms with Crippen LogP contribution in [0.15, 0.2) is 18.2 Å². The van der Waals surface area contributed by atoms with Gasteiger partial charge in [0.05, 0.1) is 23.3 Å². The number of nitrogens with one attached hydrogen (secondary N) is 2. The Bertz CT molecular complexity index is 594. The molecule has 0 radical (unpaired) electrons. The number of carbonyl (C=O) groups is 1. The van der Waals surface area contributed by atoms with Crippen LogP contribution in [-0.2, 0) is 20.9 Å². The van der Waals surface area contributed by atoms with Gasteiger partial charge in [0.15, 0.2) is 0 Å². The van der Waals surface area contributed by atoms with Crippen molar-refractivity contribution < 1.29 is 13.8 Å². The third kappa shape index (κ3) is 9.48. The predicted molar refractivity (Wildman–Crippen MR) is 112 cm³/mol. The summed E-state index contributed by atoms with van der Waals surface area (Å²) in [6, 6.07) is 4.40. The first-order chi connectivity index (χ1) is 11.9. The van der Waals surface area contributed by atoms with Crippen molar-refractivity contribution in [3.05, 3.63) is 28.2 Å². The monoisotopic (exact) mass is 444 g/mol. The van der Waals surface area contributed by atoms with Gasteiger partial charge in [-0.05, 0) is 42.8 Å². The molecule has 5 nitrogen and oxygen atoms in total. The summed E-state index contributed by atoms with van der Waals surface area (Å²) < 4.78 is 14.1. The molecule has 10 heteroatoms. The molecular weight excluding hydrogens is 422 g/mol. The fourth-order valence-corrected chi connectivity index (χ4v) is 5.12. The van der Waals surface area contributed by atoms with E-state index >= 15 is 0 Å². The van der Waals surface area contributed by atoms with Crippen molar-refractivity contribution in [2.75, 3.05) is 18.5 Å². The molecule has 1 aromatic carbocycles. The lowest BCUT2D eigenvalue weighted by Gasteiger charge is -2.21. The van der Waals surface area contributed by atoms with E-state index in [9.17, 15) is 4.79 Å². The first kappa shape index (κ1) is 23.0. The van der Waals surface area contributed by atoms with E-state index in [1.54, 1.807) is 18.2 Å². The number of unbranched alkanes of at least 4 members (excludes halogenated alkanes) is 2. The number of anilines is 1. The molecule has 1 aromatic rings. The van der Waals surface area contributed by atoms with E-state index in [2.05, 4.69) is 23.9 Å². The summed E-state index contributed by atoms with van der Waals surface area (Å²) in [6.45, 7) is 5.17. The largest absolute Gasteiger partial charge is 0.329 e. The molecule has 0 aromatic heterocycles. The van der Waals surface area contributed by atoms with Crippen molar-refractivity contribution >= 4 is 64.0 Å². The first-order valence-corrected chi connectivity index (χ1v) is 12.8. The summed E-state index contributed by atoms with van der Waals surface area (Å²) in [7, 11) is 0. The molecule has 0 saturated carbocycles. The summed E-state index contributed by atoms with van der Waals surface area (Å²) in [5.74, 6) is 0. The van der Waals surface area contributed by atoms with Crippen LogP contribution in [0.4, 0.5) is 10.5 Å². The van der Waals surface area contributed by atoms with Gasteiger partial charge in [-0.3, -0.25) is 4.72 Å². The summed E-state index contributed by atoms with van der Waals surface area (Å²) in [5.41, 5.74) is -2.10. The second-order valence-electron chi connectivity index (χ2n) is 5.10. The van der Waals surface area contributed by atoms with Crippen LogP contribution in [0.3, 0.4) is 0 Å². The molecule has 1 rings (SSSR count). The zero-order valence-corrected chi connectivity index (χ0v) is 18.3. The third-order valence-electron chi connectivity index (χ3n) is 2.92. The third-order valence-corrected chi connectivity index (χ3v) is 8.04. The molecule has 142 valence electrons. The van der Waals surface area contributed by atoms with E-state index in [4.69, 9.17) is 44.1 Å². The highest BCUT2D eigenvalue weighted by Gasteiger charge is 2.22. The molecule has 0 unspecified atom stereocenters. The zero-order chi connectivity index (χ0) is 18.7. The molecule has 0 aliphatic rings. The number of urea groups is 1. The van der Waals surface area contributed by atoms with Crippen LogP contribution in [0.1, 0.15) is 39.5 Å². The molecule has 0 fully saturated rings. The highest BCUT2D eigenvalue weighted by Crippen LogP contribution is 2.59. The normalized spacial score (nSPS) is 11.4. The molecule has 2 N–H and O–H groups in total. The van der Waals surface area contributed by atoms with Crippen LogP contribution in [0.2, 0.25) is 10.0 Å². The lowest BCUT2D eigenvalue weighted by atomic mass is 10.3. The van der Waals surface area contributed by atoms with Gasteiger partial charge in [0, 0.05) is 17.3 Å². The van der Waals surface area contributed by atoms with Crippen LogP contribution in [0.25, 0.3) is 0 Å². The van der Waals surface area contributed by atoms with Gasteiger partial charge in [-0.2, -0.15) is 0 Å². The molecule has 0 aliphatic heterocycles. The lowest BCUT2D eigenvalue weighted by molar-refractivity contribution is 0.251. The average Bonchev–Trinajstić information content (AvgIpc) is 2.57. The van der Waals surface area contributed by atoms with Gasteiger partial charge < -0.3 is 14.4 Å². The Labute approximate surface area is 168 Å². The van der Waals surface area contributed by atoms with Crippen LogP contribution in [0, 0.1) is 0 Å². The van der Waals surface area contributed by atoms with Gasteiger partial charge in [-0.15, -0.1) is 0 Å². The fourth-order valence-electron chi connectivity index (χ4n) is 1.56. The molecular formula is C15H23Cl2N2O3PS2. The standard InChI is InChI=1S/C15H23Cl2N2O3PS2/c1-3-5-9-21-23(24,22-10-6-4-2)25-19-15(20)18-12-7-8-13(16)14(17)11-12/h7-8,11H,3-6,9-10H2,1-2H3,(H2,18,19,20). The number of amides is 2. The van der Waals surface area contributed by atoms with Gasteiger partial charge in [-0.1, -0.05) is 49.9 Å². The maximum Gasteiger partial charge on any atom is 0.329 e. The second-order valence-corrected chi connectivity index (χ2v) is 11.8. The highest BCUT2D eigenvalue weighted by atomic mass is 35.5. The quantitative estimate of drug-likeness (QED) is 0.228. The van der Waals surface area contributed by atoms with Crippen LogP contribution in [-0.4, -0.2) is 19.2 Å². The van der Waals surface area contributed by atoms with Crippen LogP contribution in [0.5, 0.6) is 0 Å². The number of hydrogen-bond donors (Lipinski definition) is 2. The Kier molecular flexibility index (Phi) is 11.4. The van der Waals surface area contributed by atoms with Gasteiger partial charge in [0.1, 0.15) is 0 Å². The highest BCUT2D eigenvalue weighted by molar-refractivity contribution is 8.67. The Morgan fingerprint density at radius 3 is 2.28 bits per heavy atom.